The lowest BCUT2D eigenvalue weighted by atomic mass is 10.2. The van der Waals surface area contributed by atoms with Crippen molar-refractivity contribution in [3.8, 4) is 5.88 Å². The highest BCUT2D eigenvalue weighted by Crippen LogP contribution is 2.16. The molecule has 2 rings (SSSR count). The molecule has 19 heavy (non-hydrogen) atoms. The van der Waals surface area contributed by atoms with Gasteiger partial charge in [-0.15, -0.1) is 0 Å². The van der Waals surface area contributed by atoms with Gasteiger partial charge in [-0.1, -0.05) is 29.8 Å². The zero-order chi connectivity index (χ0) is 13.7. The molecule has 0 saturated heterocycles. The Morgan fingerprint density at radius 2 is 2.05 bits per heavy atom. The van der Waals surface area contributed by atoms with Crippen molar-refractivity contribution in [3.63, 3.8) is 0 Å². The van der Waals surface area contributed by atoms with Gasteiger partial charge < -0.3 is 9.47 Å². The minimum Gasteiger partial charge on any atom is -0.481 e. The molecule has 1 aromatic heterocycles. The van der Waals surface area contributed by atoms with E-state index in [4.69, 9.17) is 21.1 Å². The van der Waals surface area contributed by atoms with Gasteiger partial charge in [0.1, 0.15) is 6.61 Å². The summed E-state index contributed by atoms with van der Waals surface area (Å²) in [4.78, 5) is 15.7. The van der Waals surface area contributed by atoms with E-state index >= 15 is 0 Å². The number of nitrogens with zero attached hydrogens (tertiary/aromatic N) is 1. The summed E-state index contributed by atoms with van der Waals surface area (Å²) in [5.41, 5.74) is 1.13. The Bertz CT molecular complexity index is 569. The van der Waals surface area contributed by atoms with E-state index < -0.39 is 5.97 Å². The fraction of sp³-hybridized carbons (Fsp3) is 0.143. The highest BCUT2D eigenvalue weighted by atomic mass is 35.5. The van der Waals surface area contributed by atoms with Crippen LogP contribution in [0.3, 0.4) is 0 Å². The number of ether oxygens (including phenoxy) is 2. The number of carbonyl (C=O) groups excluding carboxylic acids is 1. The van der Waals surface area contributed by atoms with Crippen molar-refractivity contribution in [2.24, 2.45) is 0 Å². The molecular weight excluding hydrogens is 266 g/mol. The van der Waals surface area contributed by atoms with E-state index in [-0.39, 0.29) is 6.61 Å². The van der Waals surface area contributed by atoms with E-state index in [0.717, 1.165) is 5.56 Å². The first kappa shape index (κ1) is 13.4. The van der Waals surface area contributed by atoms with E-state index in [1.165, 1.54) is 13.3 Å². The second kappa shape index (κ2) is 6.20. The van der Waals surface area contributed by atoms with E-state index in [1.807, 2.05) is 18.2 Å². The van der Waals surface area contributed by atoms with Gasteiger partial charge in [0, 0.05) is 22.8 Å². The highest BCUT2D eigenvalue weighted by molar-refractivity contribution is 6.31. The largest absolute Gasteiger partial charge is 0.481 e. The second-order valence-electron chi connectivity index (χ2n) is 3.76. The quantitative estimate of drug-likeness (QED) is 0.806. The van der Waals surface area contributed by atoms with Crippen LogP contribution in [0.4, 0.5) is 0 Å². The smallest absolute Gasteiger partial charge is 0.340 e. The molecule has 0 amide bonds. The van der Waals surface area contributed by atoms with Crippen LogP contribution in [-0.2, 0) is 11.3 Å². The summed E-state index contributed by atoms with van der Waals surface area (Å²) in [5, 5.41) is 0.572. The first-order valence-electron chi connectivity index (χ1n) is 5.61. The van der Waals surface area contributed by atoms with Crippen LogP contribution < -0.4 is 4.74 Å². The molecule has 1 heterocycles. The number of pyridine rings is 1. The van der Waals surface area contributed by atoms with Crippen LogP contribution in [0.5, 0.6) is 5.88 Å². The van der Waals surface area contributed by atoms with E-state index in [9.17, 15) is 4.79 Å². The molecule has 0 aliphatic heterocycles. The fourth-order valence-electron chi connectivity index (χ4n) is 1.46. The predicted octanol–water partition coefficient (Wildman–Crippen LogP) is 3.10. The number of benzene rings is 1. The molecule has 0 spiro atoms. The zero-order valence-electron chi connectivity index (χ0n) is 10.3. The SMILES string of the molecule is COc1ccc(C(=O)OCc2ccccc2Cl)cn1. The van der Waals surface area contributed by atoms with Gasteiger partial charge in [0.05, 0.1) is 12.7 Å². The molecule has 0 aliphatic carbocycles. The summed E-state index contributed by atoms with van der Waals surface area (Å²) >= 11 is 5.97. The number of halogens is 1. The van der Waals surface area contributed by atoms with Gasteiger partial charge in [0.25, 0.3) is 0 Å². The number of rotatable bonds is 4. The Kier molecular flexibility index (Phi) is 4.36. The maximum Gasteiger partial charge on any atom is 0.340 e. The van der Waals surface area contributed by atoms with E-state index in [2.05, 4.69) is 4.98 Å². The van der Waals surface area contributed by atoms with Gasteiger partial charge >= 0.3 is 5.97 Å². The third-order valence-electron chi connectivity index (χ3n) is 2.50. The summed E-state index contributed by atoms with van der Waals surface area (Å²) in [6.07, 6.45) is 1.41. The highest BCUT2D eigenvalue weighted by Gasteiger charge is 2.09. The van der Waals surface area contributed by atoms with Crippen LogP contribution in [-0.4, -0.2) is 18.1 Å². The van der Waals surface area contributed by atoms with Crippen LogP contribution in [0.1, 0.15) is 15.9 Å². The number of esters is 1. The standard InChI is InChI=1S/C14H12ClNO3/c1-18-13-7-6-10(8-16-13)14(17)19-9-11-4-2-3-5-12(11)15/h2-8H,9H2,1H3. The first-order valence-corrected chi connectivity index (χ1v) is 5.99. The van der Waals surface area contributed by atoms with Crippen molar-refractivity contribution in [2.45, 2.75) is 6.61 Å². The summed E-state index contributed by atoms with van der Waals surface area (Å²) in [6, 6.07) is 10.4. The Morgan fingerprint density at radius 3 is 2.68 bits per heavy atom. The van der Waals surface area contributed by atoms with Crippen LogP contribution in [0.2, 0.25) is 5.02 Å². The maximum absolute atomic E-state index is 11.8. The molecule has 5 heteroatoms. The molecule has 4 nitrogen and oxygen atoms in total. The number of carbonyl (C=O) groups is 1. The van der Waals surface area contributed by atoms with Crippen molar-refractivity contribution in [1.82, 2.24) is 4.98 Å². The molecular formula is C14H12ClNO3. The topological polar surface area (TPSA) is 48.4 Å². The van der Waals surface area contributed by atoms with E-state index in [0.29, 0.717) is 16.5 Å². The van der Waals surface area contributed by atoms with Crippen molar-refractivity contribution < 1.29 is 14.3 Å². The predicted molar refractivity (Wildman–Crippen MR) is 71.4 cm³/mol. The molecule has 98 valence electrons. The number of methoxy groups -OCH3 is 1. The van der Waals surface area contributed by atoms with Crippen LogP contribution in [0.15, 0.2) is 42.6 Å². The van der Waals surface area contributed by atoms with Gasteiger partial charge in [-0.25, -0.2) is 9.78 Å². The molecule has 1 aromatic carbocycles. The zero-order valence-corrected chi connectivity index (χ0v) is 11.1. The van der Waals surface area contributed by atoms with Crippen molar-refractivity contribution in [2.75, 3.05) is 7.11 Å². The average molecular weight is 278 g/mol. The molecule has 2 aromatic rings. The number of aromatic nitrogens is 1. The van der Waals surface area contributed by atoms with Gasteiger partial charge in [-0.2, -0.15) is 0 Å². The molecule has 0 N–H and O–H groups in total. The van der Waals surface area contributed by atoms with Crippen LogP contribution in [0.25, 0.3) is 0 Å². The molecule has 0 atom stereocenters. The molecule has 0 saturated carbocycles. The Balaban J connectivity index is 1.99. The van der Waals surface area contributed by atoms with Crippen LogP contribution in [0, 0.1) is 0 Å². The molecule has 0 aliphatic rings. The summed E-state index contributed by atoms with van der Waals surface area (Å²) in [7, 11) is 1.51. The number of hydrogen-bond acceptors (Lipinski definition) is 4. The average Bonchev–Trinajstić information content (AvgIpc) is 2.46. The first-order chi connectivity index (χ1) is 9.20. The van der Waals surface area contributed by atoms with Gasteiger partial charge in [-0.3, -0.25) is 0 Å². The number of hydrogen-bond donors (Lipinski definition) is 0. The second-order valence-corrected chi connectivity index (χ2v) is 4.16. The maximum atomic E-state index is 11.8. The molecule has 0 unspecified atom stereocenters. The Hall–Kier alpha value is -2.07. The van der Waals surface area contributed by atoms with Crippen molar-refractivity contribution in [1.29, 1.82) is 0 Å². The normalized spacial score (nSPS) is 10.0. The minimum atomic E-state index is -0.449. The van der Waals surface area contributed by atoms with E-state index in [1.54, 1.807) is 18.2 Å². The third-order valence-corrected chi connectivity index (χ3v) is 2.87. The summed E-state index contributed by atoms with van der Waals surface area (Å²) in [5.74, 6) is -0.00210. The van der Waals surface area contributed by atoms with Gasteiger partial charge in [-0.05, 0) is 12.1 Å². The molecule has 0 bridgehead atoms. The van der Waals surface area contributed by atoms with Gasteiger partial charge in [0.15, 0.2) is 0 Å². The van der Waals surface area contributed by atoms with Crippen molar-refractivity contribution >= 4 is 17.6 Å². The summed E-state index contributed by atoms with van der Waals surface area (Å²) in [6.45, 7) is 0.129. The third kappa shape index (κ3) is 3.45. The summed E-state index contributed by atoms with van der Waals surface area (Å²) < 4.78 is 10.1. The molecule has 0 radical (unpaired) electrons. The fourth-order valence-corrected chi connectivity index (χ4v) is 1.65. The minimum absolute atomic E-state index is 0.129. The lowest BCUT2D eigenvalue weighted by Crippen LogP contribution is -2.06. The molecule has 0 fully saturated rings. The monoisotopic (exact) mass is 277 g/mol. The Morgan fingerprint density at radius 1 is 1.26 bits per heavy atom. The van der Waals surface area contributed by atoms with Gasteiger partial charge in [0.2, 0.25) is 5.88 Å². The lowest BCUT2D eigenvalue weighted by Gasteiger charge is -2.06. The lowest BCUT2D eigenvalue weighted by molar-refractivity contribution is 0.0472. The Labute approximate surface area is 115 Å². The van der Waals surface area contributed by atoms with Crippen LogP contribution >= 0.6 is 11.6 Å². The van der Waals surface area contributed by atoms with Crippen molar-refractivity contribution in [3.05, 3.63) is 58.7 Å².